The maximum absolute atomic E-state index is 12.5. The first-order chi connectivity index (χ1) is 11.8. The van der Waals surface area contributed by atoms with Crippen LogP contribution in [-0.4, -0.2) is 67.1 Å². The quantitative estimate of drug-likeness (QED) is 0.815. The van der Waals surface area contributed by atoms with Crippen LogP contribution in [0.25, 0.3) is 0 Å². The molecule has 9 nitrogen and oxygen atoms in total. The predicted octanol–water partition coefficient (Wildman–Crippen LogP) is 0.0823. The van der Waals surface area contributed by atoms with Crippen LogP contribution in [0.15, 0.2) is 12.3 Å². The van der Waals surface area contributed by atoms with Gasteiger partial charge in [-0.05, 0) is 13.0 Å². The van der Waals surface area contributed by atoms with E-state index >= 15 is 0 Å². The number of H-pyrrole nitrogens is 1. The molecule has 1 unspecified atom stereocenters. The molecule has 3 heterocycles. The largest absolute Gasteiger partial charge is 0.386 e. The van der Waals surface area contributed by atoms with Crippen molar-refractivity contribution < 1.29 is 14.7 Å². The third kappa shape index (κ3) is 3.55. The lowest BCUT2D eigenvalue weighted by Crippen LogP contribution is -2.38. The van der Waals surface area contributed by atoms with Crippen LogP contribution < -0.4 is 0 Å². The summed E-state index contributed by atoms with van der Waals surface area (Å²) in [5.41, 5.74) is 2.11. The van der Waals surface area contributed by atoms with Crippen molar-refractivity contribution in [3.05, 3.63) is 35.2 Å². The van der Waals surface area contributed by atoms with Gasteiger partial charge in [0.25, 0.3) is 5.91 Å². The molecule has 0 bridgehead atoms. The molecule has 0 fully saturated rings. The maximum Gasteiger partial charge on any atom is 0.290 e. The van der Waals surface area contributed by atoms with Gasteiger partial charge >= 0.3 is 0 Å². The molecule has 0 aromatic carbocycles. The van der Waals surface area contributed by atoms with Gasteiger partial charge in [0, 0.05) is 32.5 Å². The van der Waals surface area contributed by atoms with Crippen molar-refractivity contribution in [3.8, 4) is 0 Å². The highest BCUT2D eigenvalue weighted by Gasteiger charge is 2.26. The zero-order chi connectivity index (χ0) is 18.1. The average Bonchev–Trinajstić information content (AvgIpc) is 3.19. The van der Waals surface area contributed by atoms with Crippen molar-refractivity contribution in [1.82, 2.24) is 29.5 Å². The van der Waals surface area contributed by atoms with Crippen molar-refractivity contribution in [1.29, 1.82) is 0 Å². The number of fused-ring (bicyclic) bond motifs is 1. The first-order valence-electron chi connectivity index (χ1n) is 8.11. The number of aromatic amines is 1. The Morgan fingerprint density at radius 1 is 1.40 bits per heavy atom. The molecule has 0 spiro atoms. The molecule has 25 heavy (non-hydrogen) atoms. The molecule has 3 rings (SSSR count). The van der Waals surface area contributed by atoms with Gasteiger partial charge in [0.2, 0.25) is 5.91 Å². The lowest BCUT2D eigenvalue weighted by Gasteiger charge is -2.26. The smallest absolute Gasteiger partial charge is 0.290 e. The van der Waals surface area contributed by atoms with Crippen LogP contribution in [0.4, 0.5) is 0 Å². The number of nitrogens with zero attached hydrogens (tertiary/aromatic N) is 5. The number of imidazole rings is 1. The molecular formula is C16H22N6O3. The van der Waals surface area contributed by atoms with E-state index < -0.39 is 6.10 Å². The molecule has 9 heteroatoms. The van der Waals surface area contributed by atoms with Crippen molar-refractivity contribution >= 4 is 11.8 Å². The number of nitrogens with one attached hydrogen (secondary N) is 1. The monoisotopic (exact) mass is 346 g/mol. The number of aliphatic hydroxyl groups excluding tert-OH is 1. The molecule has 2 aromatic heterocycles. The number of carbonyl (C=O) groups is 2. The summed E-state index contributed by atoms with van der Waals surface area (Å²) >= 11 is 0. The number of amides is 2. The Morgan fingerprint density at radius 2 is 2.16 bits per heavy atom. The van der Waals surface area contributed by atoms with Crippen molar-refractivity contribution in [2.24, 2.45) is 0 Å². The van der Waals surface area contributed by atoms with Crippen molar-refractivity contribution in [2.45, 2.75) is 32.5 Å². The van der Waals surface area contributed by atoms with E-state index in [0.717, 1.165) is 11.4 Å². The number of hydrogen-bond donors (Lipinski definition) is 2. The maximum atomic E-state index is 12.5. The van der Waals surface area contributed by atoms with Crippen LogP contribution in [0.3, 0.4) is 0 Å². The van der Waals surface area contributed by atoms with Crippen LogP contribution in [0.5, 0.6) is 0 Å². The molecular weight excluding hydrogens is 324 g/mol. The molecule has 134 valence electrons. The molecule has 1 atom stereocenters. The first kappa shape index (κ1) is 17.2. The Bertz CT molecular complexity index is 794. The normalized spacial score (nSPS) is 15.0. The molecule has 1 aliphatic rings. The molecule has 0 aliphatic carbocycles. The molecule has 1 aliphatic heterocycles. The number of carbonyl (C=O) groups excluding carboxylic acids is 2. The SMILES string of the molecule is Cc1cnc(C(=O)N2CCn3nc(C(O)CC(=O)N(C)C)cc3C2)[nH]1. The van der Waals surface area contributed by atoms with E-state index in [4.69, 9.17) is 0 Å². The summed E-state index contributed by atoms with van der Waals surface area (Å²) in [6, 6.07) is 1.75. The summed E-state index contributed by atoms with van der Waals surface area (Å²) in [4.78, 5) is 34.4. The topological polar surface area (TPSA) is 107 Å². The van der Waals surface area contributed by atoms with Crippen LogP contribution in [0.1, 0.15) is 40.2 Å². The summed E-state index contributed by atoms with van der Waals surface area (Å²) in [5.74, 6) is -0.00352. The molecule has 0 radical (unpaired) electrons. The highest BCUT2D eigenvalue weighted by atomic mass is 16.3. The Hall–Kier alpha value is -2.68. The lowest BCUT2D eigenvalue weighted by atomic mass is 10.1. The van der Waals surface area contributed by atoms with Crippen LogP contribution >= 0.6 is 0 Å². The van der Waals surface area contributed by atoms with Gasteiger partial charge < -0.3 is 19.9 Å². The van der Waals surface area contributed by atoms with Crippen LogP contribution in [-0.2, 0) is 17.9 Å². The molecule has 2 aromatic rings. The molecule has 0 saturated carbocycles. The number of aromatic nitrogens is 4. The third-order valence-corrected chi connectivity index (χ3v) is 4.22. The highest BCUT2D eigenvalue weighted by molar-refractivity contribution is 5.90. The fourth-order valence-corrected chi connectivity index (χ4v) is 2.75. The minimum Gasteiger partial charge on any atom is -0.386 e. The number of aryl methyl sites for hydroxylation is 1. The Labute approximate surface area is 145 Å². The van der Waals surface area contributed by atoms with Gasteiger partial charge in [0.1, 0.15) is 6.10 Å². The fourth-order valence-electron chi connectivity index (χ4n) is 2.75. The predicted molar refractivity (Wildman–Crippen MR) is 88.6 cm³/mol. The summed E-state index contributed by atoms with van der Waals surface area (Å²) in [6.07, 6.45) is 0.653. The Balaban J connectivity index is 1.71. The van der Waals surface area contributed by atoms with E-state index in [1.165, 1.54) is 4.90 Å². The summed E-state index contributed by atoms with van der Waals surface area (Å²) < 4.78 is 1.77. The minimum absolute atomic E-state index is 0.0161. The molecule has 2 amide bonds. The number of aliphatic hydroxyl groups is 1. The standard InChI is InChI=1S/C16H22N6O3/c1-10-8-17-15(18-10)16(25)21-4-5-22-11(9-21)6-12(19-22)13(23)7-14(24)20(2)3/h6,8,13,23H,4-5,7,9H2,1-3H3,(H,17,18). The van der Waals surface area contributed by atoms with Crippen molar-refractivity contribution in [3.63, 3.8) is 0 Å². The number of hydrogen-bond acceptors (Lipinski definition) is 5. The first-order valence-corrected chi connectivity index (χ1v) is 8.11. The van der Waals surface area contributed by atoms with E-state index in [-0.39, 0.29) is 18.2 Å². The van der Waals surface area contributed by atoms with E-state index in [0.29, 0.717) is 31.2 Å². The van der Waals surface area contributed by atoms with Gasteiger partial charge in [-0.2, -0.15) is 5.10 Å². The Morgan fingerprint density at radius 3 is 2.80 bits per heavy atom. The van der Waals surface area contributed by atoms with Crippen LogP contribution in [0, 0.1) is 6.92 Å². The van der Waals surface area contributed by atoms with Crippen molar-refractivity contribution in [2.75, 3.05) is 20.6 Å². The summed E-state index contributed by atoms with van der Waals surface area (Å²) in [5, 5.41) is 14.6. The Kier molecular flexibility index (Phi) is 4.58. The van der Waals surface area contributed by atoms with E-state index in [2.05, 4.69) is 15.1 Å². The van der Waals surface area contributed by atoms with Gasteiger partial charge in [-0.1, -0.05) is 0 Å². The lowest BCUT2D eigenvalue weighted by molar-refractivity contribution is -0.130. The zero-order valence-corrected chi connectivity index (χ0v) is 14.6. The zero-order valence-electron chi connectivity index (χ0n) is 14.6. The second kappa shape index (κ2) is 6.67. The van der Waals surface area contributed by atoms with E-state index in [1.807, 2.05) is 6.92 Å². The minimum atomic E-state index is -0.954. The third-order valence-electron chi connectivity index (χ3n) is 4.22. The van der Waals surface area contributed by atoms with Gasteiger partial charge in [-0.25, -0.2) is 4.98 Å². The van der Waals surface area contributed by atoms with Gasteiger partial charge in [-0.15, -0.1) is 0 Å². The summed E-state index contributed by atoms with van der Waals surface area (Å²) in [6.45, 7) is 3.28. The fraction of sp³-hybridized carbons (Fsp3) is 0.500. The van der Waals surface area contributed by atoms with Gasteiger partial charge in [0.15, 0.2) is 5.82 Å². The van der Waals surface area contributed by atoms with Gasteiger partial charge in [0.05, 0.1) is 30.9 Å². The highest BCUT2D eigenvalue weighted by Crippen LogP contribution is 2.21. The average molecular weight is 346 g/mol. The van der Waals surface area contributed by atoms with E-state index in [9.17, 15) is 14.7 Å². The molecule has 2 N–H and O–H groups in total. The number of rotatable bonds is 4. The second-order valence-corrected chi connectivity index (χ2v) is 6.43. The molecule has 0 saturated heterocycles. The van der Waals surface area contributed by atoms with E-state index in [1.54, 1.807) is 35.9 Å². The second-order valence-electron chi connectivity index (χ2n) is 6.43. The van der Waals surface area contributed by atoms with Gasteiger partial charge in [-0.3, -0.25) is 14.3 Å². The van der Waals surface area contributed by atoms with Crippen LogP contribution in [0.2, 0.25) is 0 Å². The summed E-state index contributed by atoms with van der Waals surface area (Å²) in [7, 11) is 3.29.